The van der Waals surface area contributed by atoms with Crippen molar-refractivity contribution in [3.05, 3.63) is 0 Å². The van der Waals surface area contributed by atoms with Crippen LogP contribution < -0.4 is 15.4 Å². The number of hydrogen-bond acceptors (Lipinski definition) is 4. The van der Waals surface area contributed by atoms with Gasteiger partial charge in [-0.1, -0.05) is 6.92 Å². The summed E-state index contributed by atoms with van der Waals surface area (Å²) in [6.07, 6.45) is 2.70. The molecular formula is C14H29N3O3S. The molecule has 1 heterocycles. The van der Waals surface area contributed by atoms with Gasteiger partial charge in [-0.05, 0) is 51.6 Å². The second kappa shape index (κ2) is 8.70. The summed E-state index contributed by atoms with van der Waals surface area (Å²) in [5.74, 6) is 0.806. The highest BCUT2D eigenvalue weighted by Crippen LogP contribution is 2.23. The van der Waals surface area contributed by atoms with Crippen LogP contribution in [-0.4, -0.2) is 45.8 Å². The molecule has 1 rings (SSSR count). The van der Waals surface area contributed by atoms with Gasteiger partial charge < -0.3 is 10.6 Å². The minimum Gasteiger partial charge on any atom is -0.355 e. The quantitative estimate of drug-likeness (QED) is 0.606. The zero-order valence-electron chi connectivity index (χ0n) is 13.3. The van der Waals surface area contributed by atoms with Gasteiger partial charge in [0.2, 0.25) is 15.9 Å². The van der Waals surface area contributed by atoms with E-state index in [-0.39, 0.29) is 24.2 Å². The van der Waals surface area contributed by atoms with Gasteiger partial charge in [-0.3, -0.25) is 4.79 Å². The van der Waals surface area contributed by atoms with Crippen LogP contribution in [0, 0.1) is 11.8 Å². The molecule has 1 fully saturated rings. The van der Waals surface area contributed by atoms with Crippen LogP contribution in [0.3, 0.4) is 0 Å². The van der Waals surface area contributed by atoms with Crippen LogP contribution in [0.4, 0.5) is 0 Å². The Labute approximate surface area is 128 Å². The summed E-state index contributed by atoms with van der Waals surface area (Å²) in [7, 11) is -3.30. The molecule has 0 radical (unpaired) electrons. The van der Waals surface area contributed by atoms with Crippen molar-refractivity contribution in [3.8, 4) is 0 Å². The first-order chi connectivity index (χ1) is 9.80. The van der Waals surface area contributed by atoms with Gasteiger partial charge in [-0.2, -0.15) is 0 Å². The number of carbonyl (C=O) groups is 1. The zero-order valence-corrected chi connectivity index (χ0v) is 14.1. The molecule has 124 valence electrons. The average molecular weight is 319 g/mol. The van der Waals surface area contributed by atoms with E-state index in [1.54, 1.807) is 13.8 Å². The zero-order chi connectivity index (χ0) is 15.9. The molecule has 1 aliphatic heterocycles. The minimum absolute atomic E-state index is 0.0548. The molecule has 21 heavy (non-hydrogen) atoms. The van der Waals surface area contributed by atoms with Gasteiger partial charge in [-0.25, -0.2) is 13.1 Å². The van der Waals surface area contributed by atoms with Crippen molar-refractivity contribution in [1.29, 1.82) is 0 Å². The fourth-order valence-electron chi connectivity index (χ4n) is 2.69. The maximum Gasteiger partial charge on any atom is 0.220 e. The first kappa shape index (κ1) is 18.4. The summed E-state index contributed by atoms with van der Waals surface area (Å²) in [5, 5.41) is 6.02. The Bertz CT molecular complexity index is 417. The molecule has 0 spiro atoms. The van der Waals surface area contributed by atoms with E-state index < -0.39 is 10.0 Å². The monoisotopic (exact) mass is 319 g/mol. The van der Waals surface area contributed by atoms with Gasteiger partial charge in [0.15, 0.2) is 0 Å². The van der Waals surface area contributed by atoms with Crippen molar-refractivity contribution in [3.63, 3.8) is 0 Å². The molecule has 7 heteroatoms. The lowest BCUT2D eigenvalue weighted by molar-refractivity contribution is -0.122. The molecule has 3 N–H and O–H groups in total. The predicted octanol–water partition coefficient (Wildman–Crippen LogP) is 0.456. The number of amides is 1. The van der Waals surface area contributed by atoms with E-state index >= 15 is 0 Å². The normalized spacial score (nSPS) is 18.7. The molecule has 1 saturated heterocycles. The lowest BCUT2D eigenvalue weighted by Gasteiger charge is -2.27. The maximum absolute atomic E-state index is 11.9. The Kier molecular flexibility index (Phi) is 7.62. The fraction of sp³-hybridized carbons (Fsp3) is 0.929. The number of piperidine rings is 1. The van der Waals surface area contributed by atoms with Crippen LogP contribution >= 0.6 is 0 Å². The van der Waals surface area contributed by atoms with Crippen LogP contribution in [0.1, 0.15) is 40.0 Å². The van der Waals surface area contributed by atoms with Crippen LogP contribution in [0.5, 0.6) is 0 Å². The maximum atomic E-state index is 11.9. The number of sulfonamides is 1. The lowest BCUT2D eigenvalue weighted by Crippen LogP contribution is -2.38. The summed E-state index contributed by atoms with van der Waals surface area (Å²) in [4.78, 5) is 11.9. The molecule has 0 saturated carbocycles. The van der Waals surface area contributed by atoms with E-state index in [2.05, 4.69) is 22.3 Å². The van der Waals surface area contributed by atoms with E-state index in [1.807, 2.05) is 0 Å². The summed E-state index contributed by atoms with van der Waals surface area (Å²) in [6.45, 7) is 7.87. The Morgan fingerprint density at radius 2 is 1.86 bits per heavy atom. The molecule has 1 unspecified atom stereocenters. The van der Waals surface area contributed by atoms with E-state index in [1.165, 1.54) is 0 Å². The van der Waals surface area contributed by atoms with Gasteiger partial charge >= 0.3 is 0 Å². The van der Waals surface area contributed by atoms with Crippen LogP contribution in [0.25, 0.3) is 0 Å². The highest BCUT2D eigenvalue weighted by Gasteiger charge is 2.22. The Morgan fingerprint density at radius 1 is 1.24 bits per heavy atom. The van der Waals surface area contributed by atoms with Crippen molar-refractivity contribution < 1.29 is 13.2 Å². The van der Waals surface area contributed by atoms with Crippen molar-refractivity contribution in [2.24, 2.45) is 11.8 Å². The average Bonchev–Trinajstić information content (AvgIpc) is 2.37. The van der Waals surface area contributed by atoms with Crippen molar-refractivity contribution in [1.82, 2.24) is 15.4 Å². The standard InChI is InChI=1S/C14H29N3O3S/c1-11(2)17-21(19,20)9-8-16-14(18)10-12(3)13-4-6-15-7-5-13/h11-13,15,17H,4-10H2,1-3H3,(H,16,18). The summed E-state index contributed by atoms with van der Waals surface area (Å²) in [5.41, 5.74) is 0. The Morgan fingerprint density at radius 3 is 2.43 bits per heavy atom. The van der Waals surface area contributed by atoms with Gasteiger partial charge in [0, 0.05) is 19.0 Å². The van der Waals surface area contributed by atoms with Gasteiger partial charge in [0.25, 0.3) is 0 Å². The summed E-state index contributed by atoms with van der Waals surface area (Å²) >= 11 is 0. The SMILES string of the molecule is CC(C)NS(=O)(=O)CCNC(=O)CC(C)C1CCNCC1. The molecule has 0 aromatic heterocycles. The third-order valence-electron chi connectivity index (χ3n) is 3.80. The Hall–Kier alpha value is -0.660. The van der Waals surface area contributed by atoms with Crippen LogP contribution in [-0.2, 0) is 14.8 Å². The molecule has 0 aromatic rings. The molecule has 1 atom stereocenters. The third kappa shape index (κ3) is 7.78. The van der Waals surface area contributed by atoms with Crippen molar-refractivity contribution in [2.45, 2.75) is 46.1 Å². The largest absolute Gasteiger partial charge is 0.355 e. The predicted molar refractivity (Wildman–Crippen MR) is 84.4 cm³/mol. The number of nitrogens with one attached hydrogen (secondary N) is 3. The first-order valence-electron chi connectivity index (χ1n) is 7.77. The second-order valence-electron chi connectivity index (χ2n) is 6.21. The topological polar surface area (TPSA) is 87.3 Å². The van der Waals surface area contributed by atoms with Crippen LogP contribution in [0.2, 0.25) is 0 Å². The van der Waals surface area contributed by atoms with E-state index in [0.717, 1.165) is 25.9 Å². The highest BCUT2D eigenvalue weighted by molar-refractivity contribution is 7.89. The highest BCUT2D eigenvalue weighted by atomic mass is 32.2. The van der Waals surface area contributed by atoms with Gasteiger partial charge in [-0.15, -0.1) is 0 Å². The Balaban J connectivity index is 2.24. The number of rotatable bonds is 8. The molecule has 1 aliphatic rings. The molecule has 0 aliphatic carbocycles. The van der Waals surface area contributed by atoms with E-state index in [0.29, 0.717) is 18.3 Å². The molecule has 6 nitrogen and oxygen atoms in total. The second-order valence-corrected chi connectivity index (χ2v) is 8.08. The smallest absolute Gasteiger partial charge is 0.220 e. The molecule has 0 aromatic carbocycles. The first-order valence-corrected chi connectivity index (χ1v) is 9.43. The molecular weight excluding hydrogens is 290 g/mol. The van der Waals surface area contributed by atoms with Crippen molar-refractivity contribution >= 4 is 15.9 Å². The lowest BCUT2D eigenvalue weighted by atomic mass is 9.84. The number of hydrogen-bond donors (Lipinski definition) is 3. The van der Waals surface area contributed by atoms with E-state index in [4.69, 9.17) is 0 Å². The van der Waals surface area contributed by atoms with Gasteiger partial charge in [0.05, 0.1) is 5.75 Å². The summed E-state index contributed by atoms with van der Waals surface area (Å²) < 4.78 is 25.7. The fourth-order valence-corrected chi connectivity index (χ4v) is 3.89. The molecule has 1 amide bonds. The molecule has 0 bridgehead atoms. The number of carbonyl (C=O) groups excluding carboxylic acids is 1. The van der Waals surface area contributed by atoms with E-state index in [9.17, 15) is 13.2 Å². The van der Waals surface area contributed by atoms with Gasteiger partial charge in [0.1, 0.15) is 0 Å². The summed E-state index contributed by atoms with van der Waals surface area (Å²) in [6, 6.07) is -0.120. The minimum atomic E-state index is -3.30. The third-order valence-corrected chi connectivity index (χ3v) is 5.38. The van der Waals surface area contributed by atoms with Crippen LogP contribution in [0.15, 0.2) is 0 Å². The van der Waals surface area contributed by atoms with Crippen molar-refractivity contribution in [2.75, 3.05) is 25.4 Å².